The van der Waals surface area contributed by atoms with Crippen molar-refractivity contribution < 1.29 is 34.6 Å². The molecule has 2 aromatic heterocycles. The van der Waals surface area contributed by atoms with Gasteiger partial charge in [-0.15, -0.1) is 34.4 Å². The Hall–Kier alpha value is -3.11. The summed E-state index contributed by atoms with van der Waals surface area (Å²) < 4.78 is 4.70. The molecule has 0 saturated carbocycles. The normalized spacial score (nSPS) is 12.1. The van der Waals surface area contributed by atoms with Crippen LogP contribution in [-0.2, 0) is 36.7 Å². The van der Waals surface area contributed by atoms with Crippen molar-refractivity contribution >= 4 is 48.1 Å². The van der Waals surface area contributed by atoms with Gasteiger partial charge in [-0.05, 0) is 46.7 Å². The number of ketones is 1. The van der Waals surface area contributed by atoms with E-state index in [-0.39, 0.29) is 48.9 Å². The Bertz CT molecular complexity index is 1850. The van der Waals surface area contributed by atoms with Crippen molar-refractivity contribution in [1.82, 2.24) is 0 Å². The molecule has 5 rings (SSSR count). The molecule has 0 aliphatic carbocycles. The fourth-order valence-electron chi connectivity index (χ4n) is 5.47. The average Bonchev–Trinajstić information content (AvgIpc) is 3.33. The Morgan fingerprint density at radius 1 is 0.955 bits per heavy atom. The number of fused-ring (bicyclic) bond motifs is 4. The minimum atomic E-state index is -0.0316. The molecule has 0 saturated heterocycles. The maximum absolute atomic E-state index is 11.0. The number of carbonyl (C=O) groups is 1. The van der Waals surface area contributed by atoms with Crippen molar-refractivity contribution in [3.8, 4) is 11.3 Å². The molecular weight excluding hydrogens is 739 g/mol. The molecule has 0 spiro atoms. The zero-order valence-corrected chi connectivity index (χ0v) is 30.8. The summed E-state index contributed by atoms with van der Waals surface area (Å²) in [5.74, 6) is 0.161. The minimum absolute atomic E-state index is 0. The van der Waals surface area contributed by atoms with E-state index >= 15 is 0 Å². The molecule has 0 fully saturated rings. The molecule has 5 heteroatoms. The monoisotopic (exact) mass is 785 g/mol. The molecule has 0 bridgehead atoms. The van der Waals surface area contributed by atoms with E-state index in [2.05, 4.69) is 103 Å². The number of nitrogens with zero attached hydrogens (tertiary/aromatic N) is 1. The Labute approximate surface area is 281 Å². The van der Waals surface area contributed by atoms with Crippen molar-refractivity contribution in [2.45, 2.75) is 74.1 Å². The fraction of sp³-hybridized carbons (Fsp3) is 0.333. The third-order valence-electron chi connectivity index (χ3n) is 8.23. The summed E-state index contributed by atoms with van der Waals surface area (Å²) >= 11 is 1.89. The van der Waals surface area contributed by atoms with Crippen LogP contribution in [0.5, 0.6) is 0 Å². The van der Waals surface area contributed by atoms with E-state index in [0.717, 1.165) is 17.7 Å². The Morgan fingerprint density at radius 2 is 1.57 bits per heavy atom. The number of aromatic nitrogens is 1. The molecule has 0 aliphatic rings. The van der Waals surface area contributed by atoms with Gasteiger partial charge in [-0.3, -0.25) is 4.79 Å². The van der Waals surface area contributed by atoms with Crippen LogP contribution in [0, 0.1) is 32.7 Å². The average molecular weight is 785 g/mol. The standard InChI is InChI=1S/C30H30NS.C9H16O2.Ir/c1-8-20-13-14-23-24-15-16-31(7)27(29(24)32-28(23)18(20)2)25-17-26(30(4,5)6)22-12-10-9-11-21(22)19(25)3;1-6(2)8(10)5-9(11)7(3)4;/h9-17H,3,7-8H2,1-2,4-6H3;5-7,10H,1-4H3;/q-1;;/b;8-5-;. The summed E-state index contributed by atoms with van der Waals surface area (Å²) in [6.45, 7) is 23.2. The van der Waals surface area contributed by atoms with Crippen molar-refractivity contribution in [3.05, 3.63) is 103 Å². The second-order valence-corrected chi connectivity index (χ2v) is 14.1. The first-order valence-electron chi connectivity index (χ1n) is 15.2. The third-order valence-corrected chi connectivity index (χ3v) is 9.58. The summed E-state index contributed by atoms with van der Waals surface area (Å²) in [6, 6.07) is 17.8. The fourth-order valence-corrected chi connectivity index (χ4v) is 6.86. The van der Waals surface area contributed by atoms with Gasteiger partial charge >= 0.3 is 0 Å². The number of allylic oxidation sites excluding steroid dienone is 2. The molecule has 0 amide bonds. The first kappa shape index (κ1) is 35.4. The number of rotatable bonds is 5. The minimum Gasteiger partial charge on any atom is -0.512 e. The maximum atomic E-state index is 11.0. The van der Waals surface area contributed by atoms with Crippen LogP contribution < -0.4 is 4.57 Å². The first-order chi connectivity index (χ1) is 20.2. The van der Waals surface area contributed by atoms with Crippen LogP contribution in [0.1, 0.15) is 77.6 Å². The Kier molecular flexibility index (Phi) is 11.2. The van der Waals surface area contributed by atoms with Gasteiger partial charge in [0.1, 0.15) is 0 Å². The molecule has 3 aromatic carbocycles. The SMILES string of the molecule is CC(C)C(=O)/C=C(\O)C(C)C.[CH2-]c1c(-c2c3sc4c(C)c(CC)ccc4c3cc[n+]2[CH2-])cc(C(C)(C)C)c2ccccc12.[Ir]. The largest absolute Gasteiger partial charge is 0.512 e. The van der Waals surface area contributed by atoms with Gasteiger partial charge in [-0.2, -0.15) is 12.5 Å². The zero-order chi connectivity index (χ0) is 31.8. The van der Waals surface area contributed by atoms with E-state index in [1.807, 2.05) is 43.6 Å². The van der Waals surface area contributed by atoms with Crippen LogP contribution in [0.3, 0.4) is 0 Å². The smallest absolute Gasteiger partial charge is 0.161 e. The van der Waals surface area contributed by atoms with Crippen molar-refractivity contribution in [1.29, 1.82) is 0 Å². The second-order valence-electron chi connectivity index (χ2n) is 13.1. The molecule has 0 atom stereocenters. The van der Waals surface area contributed by atoms with E-state index in [1.54, 1.807) is 0 Å². The Balaban J connectivity index is 0.000000380. The van der Waals surface area contributed by atoms with Gasteiger partial charge in [0.05, 0.1) is 17.6 Å². The number of thiophene rings is 1. The van der Waals surface area contributed by atoms with E-state index in [1.165, 1.54) is 59.3 Å². The number of hydrogen-bond donors (Lipinski definition) is 1. The number of carbonyl (C=O) groups excluding carboxylic acids is 1. The van der Waals surface area contributed by atoms with Crippen molar-refractivity contribution in [3.63, 3.8) is 0 Å². The van der Waals surface area contributed by atoms with E-state index in [9.17, 15) is 9.90 Å². The van der Waals surface area contributed by atoms with Crippen LogP contribution in [-0.4, -0.2) is 10.9 Å². The molecular formula is C39H46IrNO2S-. The van der Waals surface area contributed by atoms with Gasteiger partial charge in [0.25, 0.3) is 0 Å². The van der Waals surface area contributed by atoms with Gasteiger partial charge in [-0.1, -0.05) is 96.7 Å². The quantitative estimate of drug-likeness (QED) is 0.0835. The Morgan fingerprint density at radius 3 is 2.14 bits per heavy atom. The molecule has 44 heavy (non-hydrogen) atoms. The molecule has 2 heterocycles. The molecule has 0 unspecified atom stereocenters. The third kappa shape index (κ3) is 6.91. The van der Waals surface area contributed by atoms with Crippen LogP contribution in [0.25, 0.3) is 42.2 Å². The number of hydrogen-bond acceptors (Lipinski definition) is 3. The number of aliphatic hydroxyl groups excluding tert-OH is 1. The summed E-state index contributed by atoms with van der Waals surface area (Å²) in [5, 5.41) is 14.3. The number of pyridine rings is 1. The van der Waals surface area contributed by atoms with E-state index in [4.69, 9.17) is 0 Å². The summed E-state index contributed by atoms with van der Waals surface area (Å²) in [4.78, 5) is 11.0. The number of aryl methyl sites for hydroxylation is 2. The van der Waals surface area contributed by atoms with Crippen LogP contribution in [0.4, 0.5) is 0 Å². The van der Waals surface area contributed by atoms with Gasteiger partial charge in [-0.25, -0.2) is 0 Å². The predicted molar refractivity (Wildman–Crippen MR) is 186 cm³/mol. The predicted octanol–water partition coefficient (Wildman–Crippen LogP) is 10.5. The van der Waals surface area contributed by atoms with Gasteiger partial charge in [0, 0.05) is 54.5 Å². The molecule has 3 nitrogen and oxygen atoms in total. The molecule has 1 radical (unpaired) electrons. The molecule has 5 aromatic rings. The van der Waals surface area contributed by atoms with Crippen molar-refractivity contribution in [2.75, 3.05) is 0 Å². The summed E-state index contributed by atoms with van der Waals surface area (Å²) in [6.07, 6.45) is 4.47. The van der Waals surface area contributed by atoms with Gasteiger partial charge in [0.15, 0.2) is 5.78 Å². The van der Waals surface area contributed by atoms with Crippen molar-refractivity contribution in [2.24, 2.45) is 11.8 Å². The number of aliphatic hydroxyl groups is 1. The molecule has 1 N–H and O–H groups in total. The van der Waals surface area contributed by atoms with E-state index in [0.29, 0.717) is 0 Å². The molecule has 0 aliphatic heterocycles. The molecule has 235 valence electrons. The van der Waals surface area contributed by atoms with Crippen LogP contribution >= 0.6 is 11.3 Å². The van der Waals surface area contributed by atoms with E-state index < -0.39 is 0 Å². The van der Waals surface area contributed by atoms with Crippen LogP contribution in [0.2, 0.25) is 0 Å². The number of benzene rings is 3. The zero-order valence-electron chi connectivity index (χ0n) is 27.6. The second kappa shape index (κ2) is 13.9. The van der Waals surface area contributed by atoms with Gasteiger partial charge in [0.2, 0.25) is 0 Å². The topological polar surface area (TPSA) is 41.2 Å². The first-order valence-corrected chi connectivity index (χ1v) is 16.0. The maximum Gasteiger partial charge on any atom is 0.161 e. The van der Waals surface area contributed by atoms with Crippen LogP contribution in [0.15, 0.2) is 66.6 Å². The summed E-state index contributed by atoms with van der Waals surface area (Å²) in [7, 11) is 4.38. The van der Waals surface area contributed by atoms with Gasteiger partial charge < -0.3 is 9.67 Å². The summed E-state index contributed by atoms with van der Waals surface area (Å²) in [5.41, 5.74) is 7.59.